The number of hydrogen-bond donors (Lipinski definition) is 1. The van der Waals surface area contributed by atoms with Crippen LogP contribution < -0.4 is 14.8 Å². The van der Waals surface area contributed by atoms with Gasteiger partial charge in [-0.2, -0.15) is 0 Å². The number of hydrogen-bond acceptors (Lipinski definition) is 3. The topological polar surface area (TPSA) is 30.5 Å². The molecule has 0 bridgehead atoms. The zero-order valence-electron chi connectivity index (χ0n) is 14.4. The van der Waals surface area contributed by atoms with Crippen molar-refractivity contribution in [3.8, 4) is 11.5 Å². The van der Waals surface area contributed by atoms with E-state index >= 15 is 0 Å². The summed E-state index contributed by atoms with van der Waals surface area (Å²) in [4.78, 5) is 0. The molecule has 0 radical (unpaired) electrons. The summed E-state index contributed by atoms with van der Waals surface area (Å²) < 4.78 is 10.7. The fourth-order valence-corrected chi connectivity index (χ4v) is 2.61. The summed E-state index contributed by atoms with van der Waals surface area (Å²) in [6, 6.07) is 6.78. The average Bonchev–Trinajstić information content (AvgIpc) is 2.45. The standard InChI is InChI=1S/C18H31NO2/c1-13(2)8-7-9-14(3)19-15(4)17-11-10-16(20-5)12-18(17)21-6/h10-15,19H,7-9H2,1-6H3. The van der Waals surface area contributed by atoms with E-state index < -0.39 is 0 Å². The second kappa shape index (κ2) is 8.93. The molecular formula is C18H31NO2. The molecule has 1 aromatic rings. The van der Waals surface area contributed by atoms with E-state index in [0.29, 0.717) is 6.04 Å². The highest BCUT2D eigenvalue weighted by Crippen LogP contribution is 2.29. The van der Waals surface area contributed by atoms with Crippen LogP contribution in [0.25, 0.3) is 0 Å². The van der Waals surface area contributed by atoms with Crippen molar-refractivity contribution in [2.75, 3.05) is 14.2 Å². The molecule has 0 fully saturated rings. The molecule has 0 amide bonds. The molecule has 1 rings (SSSR count). The first-order chi connectivity index (χ1) is 9.97. The van der Waals surface area contributed by atoms with Crippen LogP contribution in [0, 0.1) is 5.92 Å². The second-order valence-electron chi connectivity index (χ2n) is 6.22. The zero-order chi connectivity index (χ0) is 15.8. The Bertz CT molecular complexity index is 418. The highest BCUT2D eigenvalue weighted by Gasteiger charge is 2.14. The van der Waals surface area contributed by atoms with E-state index in [9.17, 15) is 0 Å². The van der Waals surface area contributed by atoms with Crippen molar-refractivity contribution in [1.29, 1.82) is 0 Å². The number of ether oxygens (including phenoxy) is 2. The average molecular weight is 293 g/mol. The van der Waals surface area contributed by atoms with Crippen LogP contribution >= 0.6 is 0 Å². The van der Waals surface area contributed by atoms with Crippen LogP contribution in [0.3, 0.4) is 0 Å². The lowest BCUT2D eigenvalue weighted by Gasteiger charge is -2.22. The Kier molecular flexibility index (Phi) is 7.58. The van der Waals surface area contributed by atoms with E-state index in [1.807, 2.05) is 12.1 Å². The smallest absolute Gasteiger partial charge is 0.127 e. The maximum absolute atomic E-state index is 5.48. The summed E-state index contributed by atoms with van der Waals surface area (Å²) in [5.41, 5.74) is 1.18. The van der Waals surface area contributed by atoms with E-state index in [4.69, 9.17) is 9.47 Å². The summed E-state index contributed by atoms with van der Waals surface area (Å²) in [5.74, 6) is 2.49. The normalized spacial score (nSPS) is 14.0. The van der Waals surface area contributed by atoms with Crippen molar-refractivity contribution < 1.29 is 9.47 Å². The number of rotatable bonds is 9. The Hall–Kier alpha value is -1.22. The van der Waals surface area contributed by atoms with Crippen molar-refractivity contribution in [3.63, 3.8) is 0 Å². The van der Waals surface area contributed by atoms with Gasteiger partial charge in [0, 0.05) is 23.7 Å². The molecule has 1 N–H and O–H groups in total. The van der Waals surface area contributed by atoms with E-state index in [0.717, 1.165) is 17.4 Å². The van der Waals surface area contributed by atoms with Crippen molar-refractivity contribution in [3.05, 3.63) is 23.8 Å². The maximum atomic E-state index is 5.48. The molecule has 0 heterocycles. The minimum atomic E-state index is 0.264. The highest BCUT2D eigenvalue weighted by atomic mass is 16.5. The van der Waals surface area contributed by atoms with Gasteiger partial charge in [0.25, 0.3) is 0 Å². The Balaban J connectivity index is 2.60. The van der Waals surface area contributed by atoms with Gasteiger partial charge in [-0.15, -0.1) is 0 Å². The van der Waals surface area contributed by atoms with E-state index in [1.54, 1.807) is 14.2 Å². The molecule has 3 nitrogen and oxygen atoms in total. The molecule has 2 unspecified atom stereocenters. The van der Waals surface area contributed by atoms with Crippen LogP contribution in [0.4, 0.5) is 0 Å². The summed E-state index contributed by atoms with van der Waals surface area (Å²) in [5, 5.41) is 3.66. The van der Waals surface area contributed by atoms with Gasteiger partial charge in [0.1, 0.15) is 11.5 Å². The SMILES string of the molecule is COc1ccc(C(C)NC(C)CCCC(C)C)c(OC)c1. The molecule has 0 saturated carbocycles. The van der Waals surface area contributed by atoms with Gasteiger partial charge in [0.05, 0.1) is 14.2 Å². The van der Waals surface area contributed by atoms with Gasteiger partial charge in [-0.05, 0) is 32.3 Å². The monoisotopic (exact) mass is 293 g/mol. The maximum Gasteiger partial charge on any atom is 0.127 e. The van der Waals surface area contributed by atoms with E-state index in [-0.39, 0.29) is 6.04 Å². The van der Waals surface area contributed by atoms with Gasteiger partial charge in [-0.1, -0.05) is 32.8 Å². The minimum Gasteiger partial charge on any atom is -0.497 e. The molecule has 2 atom stereocenters. The lowest BCUT2D eigenvalue weighted by atomic mass is 10.0. The third-order valence-corrected chi connectivity index (χ3v) is 3.86. The van der Waals surface area contributed by atoms with Crippen LogP contribution in [0.5, 0.6) is 11.5 Å². The predicted octanol–water partition coefficient (Wildman–Crippen LogP) is 4.57. The van der Waals surface area contributed by atoms with Crippen molar-refractivity contribution in [2.24, 2.45) is 5.92 Å². The Morgan fingerprint density at radius 2 is 1.71 bits per heavy atom. The molecule has 21 heavy (non-hydrogen) atoms. The molecule has 0 aliphatic carbocycles. The fraction of sp³-hybridized carbons (Fsp3) is 0.667. The van der Waals surface area contributed by atoms with Gasteiger partial charge < -0.3 is 14.8 Å². The van der Waals surface area contributed by atoms with Gasteiger partial charge in [-0.3, -0.25) is 0 Å². The van der Waals surface area contributed by atoms with Gasteiger partial charge >= 0.3 is 0 Å². The van der Waals surface area contributed by atoms with Crippen LogP contribution in [0.15, 0.2) is 18.2 Å². The largest absolute Gasteiger partial charge is 0.497 e. The lowest BCUT2D eigenvalue weighted by molar-refractivity contribution is 0.377. The molecule has 1 aromatic carbocycles. The van der Waals surface area contributed by atoms with Crippen LogP contribution in [0.1, 0.15) is 58.6 Å². The predicted molar refractivity (Wildman–Crippen MR) is 89.2 cm³/mol. The lowest BCUT2D eigenvalue weighted by Crippen LogP contribution is -2.29. The molecule has 0 saturated heterocycles. The Morgan fingerprint density at radius 1 is 1.00 bits per heavy atom. The molecular weight excluding hydrogens is 262 g/mol. The third kappa shape index (κ3) is 5.96. The fourth-order valence-electron chi connectivity index (χ4n) is 2.61. The summed E-state index contributed by atoms with van der Waals surface area (Å²) in [7, 11) is 3.38. The summed E-state index contributed by atoms with van der Waals surface area (Å²) in [6.07, 6.45) is 3.78. The summed E-state index contributed by atoms with van der Waals surface area (Å²) >= 11 is 0. The Labute approximate surface area is 130 Å². The zero-order valence-corrected chi connectivity index (χ0v) is 14.4. The number of nitrogens with one attached hydrogen (secondary N) is 1. The molecule has 0 aliphatic rings. The number of methoxy groups -OCH3 is 2. The first-order valence-corrected chi connectivity index (χ1v) is 7.95. The third-order valence-electron chi connectivity index (χ3n) is 3.86. The van der Waals surface area contributed by atoms with Crippen molar-refractivity contribution in [2.45, 2.75) is 59.0 Å². The minimum absolute atomic E-state index is 0.264. The van der Waals surface area contributed by atoms with Crippen LogP contribution in [-0.2, 0) is 0 Å². The van der Waals surface area contributed by atoms with Crippen LogP contribution in [-0.4, -0.2) is 20.3 Å². The molecule has 0 aliphatic heterocycles. The molecule has 3 heteroatoms. The first-order valence-electron chi connectivity index (χ1n) is 7.95. The molecule has 0 aromatic heterocycles. The van der Waals surface area contributed by atoms with Crippen LogP contribution in [0.2, 0.25) is 0 Å². The highest BCUT2D eigenvalue weighted by molar-refractivity contribution is 5.42. The van der Waals surface area contributed by atoms with E-state index in [1.165, 1.54) is 24.8 Å². The molecule has 0 spiro atoms. The first kappa shape index (κ1) is 17.8. The molecule has 120 valence electrons. The number of benzene rings is 1. The Morgan fingerprint density at radius 3 is 2.29 bits per heavy atom. The van der Waals surface area contributed by atoms with Crippen molar-refractivity contribution in [1.82, 2.24) is 5.32 Å². The van der Waals surface area contributed by atoms with E-state index in [2.05, 4.69) is 39.1 Å². The second-order valence-corrected chi connectivity index (χ2v) is 6.22. The van der Waals surface area contributed by atoms with Crippen molar-refractivity contribution >= 4 is 0 Å². The van der Waals surface area contributed by atoms with Gasteiger partial charge in [-0.25, -0.2) is 0 Å². The van der Waals surface area contributed by atoms with Gasteiger partial charge in [0.2, 0.25) is 0 Å². The quantitative estimate of drug-likeness (QED) is 0.723. The summed E-state index contributed by atoms with van der Waals surface area (Å²) in [6.45, 7) is 9.00. The van der Waals surface area contributed by atoms with Gasteiger partial charge in [0.15, 0.2) is 0 Å².